The van der Waals surface area contributed by atoms with Crippen molar-refractivity contribution >= 4 is 35.8 Å². The highest BCUT2D eigenvalue weighted by atomic mass is 127. The largest absolute Gasteiger partial charge is 0.484 e. The molecule has 1 amide bonds. The van der Waals surface area contributed by atoms with E-state index in [9.17, 15) is 18.0 Å². The highest BCUT2D eigenvalue weighted by molar-refractivity contribution is 14.0. The van der Waals surface area contributed by atoms with Gasteiger partial charge in [-0.3, -0.25) is 9.79 Å². The van der Waals surface area contributed by atoms with E-state index in [-0.39, 0.29) is 41.7 Å². The maximum atomic E-state index is 12.5. The Hall–Kier alpha value is -1.76. The minimum Gasteiger partial charge on any atom is -0.484 e. The predicted octanol–water partition coefficient (Wildman–Crippen LogP) is 2.64. The van der Waals surface area contributed by atoms with Crippen molar-refractivity contribution in [2.45, 2.75) is 31.7 Å². The van der Waals surface area contributed by atoms with Gasteiger partial charge in [0.15, 0.2) is 12.6 Å². The summed E-state index contributed by atoms with van der Waals surface area (Å²) < 4.78 is 47.2. The maximum Gasteiger partial charge on any atom is 0.422 e. The Morgan fingerprint density at radius 3 is 2.58 bits per heavy atom. The van der Waals surface area contributed by atoms with E-state index in [4.69, 9.17) is 9.47 Å². The molecule has 7 nitrogen and oxygen atoms in total. The molecule has 174 valence electrons. The van der Waals surface area contributed by atoms with Crippen molar-refractivity contribution in [3.8, 4) is 5.75 Å². The third kappa shape index (κ3) is 7.70. The average molecular weight is 556 g/mol. The molecule has 0 aliphatic carbocycles. The lowest BCUT2D eigenvalue weighted by molar-refractivity contribution is -0.153. The summed E-state index contributed by atoms with van der Waals surface area (Å²) in [4.78, 5) is 20.6. The van der Waals surface area contributed by atoms with Gasteiger partial charge in [0.05, 0.1) is 0 Å². The summed E-state index contributed by atoms with van der Waals surface area (Å²) in [6.07, 6.45) is -2.96. The van der Waals surface area contributed by atoms with Crippen LogP contribution in [0, 0.1) is 0 Å². The number of carbonyl (C=O) groups is 1. The van der Waals surface area contributed by atoms with Crippen LogP contribution < -0.4 is 10.1 Å². The number of halogens is 4. The van der Waals surface area contributed by atoms with Crippen LogP contribution in [0.3, 0.4) is 0 Å². The number of hydrogen-bond donors (Lipinski definition) is 1. The van der Waals surface area contributed by atoms with E-state index in [0.717, 1.165) is 18.4 Å². The second-order valence-corrected chi connectivity index (χ2v) is 7.27. The van der Waals surface area contributed by atoms with Crippen molar-refractivity contribution in [1.82, 2.24) is 15.1 Å². The van der Waals surface area contributed by atoms with Gasteiger partial charge in [0.25, 0.3) is 5.91 Å². The molecule has 1 aromatic carbocycles. The maximum absolute atomic E-state index is 12.5. The molecular formula is C20H28F3IN4O3. The second-order valence-electron chi connectivity index (χ2n) is 7.27. The van der Waals surface area contributed by atoms with Crippen LogP contribution in [-0.4, -0.2) is 80.4 Å². The van der Waals surface area contributed by atoms with Gasteiger partial charge >= 0.3 is 6.18 Å². The average Bonchev–Trinajstić information content (AvgIpc) is 3.27. The Bertz CT molecular complexity index is 749. The normalized spacial score (nSPS) is 19.7. The number of ether oxygens (including phenoxy) is 2. The molecule has 2 saturated heterocycles. The highest BCUT2D eigenvalue weighted by Crippen LogP contribution is 2.20. The number of hydrogen-bond acceptors (Lipinski definition) is 4. The van der Waals surface area contributed by atoms with Gasteiger partial charge in [-0.05, 0) is 30.5 Å². The van der Waals surface area contributed by atoms with Gasteiger partial charge in [0, 0.05) is 46.4 Å². The molecule has 2 aliphatic rings. The molecule has 0 aromatic heterocycles. The summed E-state index contributed by atoms with van der Waals surface area (Å²) >= 11 is 0. The first-order chi connectivity index (χ1) is 14.4. The van der Waals surface area contributed by atoms with Crippen molar-refractivity contribution in [2.24, 2.45) is 4.99 Å². The van der Waals surface area contributed by atoms with E-state index in [2.05, 4.69) is 15.2 Å². The molecule has 0 radical (unpaired) electrons. The molecule has 2 aliphatic heterocycles. The van der Waals surface area contributed by atoms with Crippen molar-refractivity contribution in [3.63, 3.8) is 0 Å². The molecule has 1 aromatic rings. The fourth-order valence-corrected chi connectivity index (χ4v) is 3.54. The van der Waals surface area contributed by atoms with E-state index in [1.807, 2.05) is 4.90 Å². The topological polar surface area (TPSA) is 66.4 Å². The monoisotopic (exact) mass is 556 g/mol. The van der Waals surface area contributed by atoms with Gasteiger partial charge < -0.3 is 24.6 Å². The van der Waals surface area contributed by atoms with Gasteiger partial charge in [-0.15, -0.1) is 24.0 Å². The summed E-state index contributed by atoms with van der Waals surface area (Å²) in [7, 11) is 1.68. The van der Waals surface area contributed by atoms with Gasteiger partial charge in [-0.25, -0.2) is 0 Å². The van der Waals surface area contributed by atoms with E-state index < -0.39 is 12.8 Å². The zero-order valence-corrected chi connectivity index (χ0v) is 19.7. The molecule has 1 N–H and O–H groups in total. The van der Waals surface area contributed by atoms with Crippen molar-refractivity contribution in [2.75, 3.05) is 46.4 Å². The lowest BCUT2D eigenvalue weighted by Crippen LogP contribution is -2.55. The zero-order valence-electron chi connectivity index (χ0n) is 17.4. The van der Waals surface area contributed by atoms with Crippen LogP contribution in [0.4, 0.5) is 13.2 Å². The molecule has 31 heavy (non-hydrogen) atoms. The highest BCUT2D eigenvalue weighted by Gasteiger charge is 2.31. The summed E-state index contributed by atoms with van der Waals surface area (Å²) in [6, 6.07) is 6.53. The standard InChI is InChI=1S/C20H27F3N4O3.HI/c1-24-19(25-13-15-4-2-5-16(12-15)30-14-20(21,22)23)27-9-7-26(8-10-27)18(28)17-6-3-11-29-17;/h2,4-5,12,17H,3,6-11,13-14H2,1H3,(H,24,25);1H. The van der Waals surface area contributed by atoms with E-state index in [1.165, 1.54) is 6.07 Å². The van der Waals surface area contributed by atoms with Crippen LogP contribution in [0.25, 0.3) is 0 Å². The number of nitrogens with one attached hydrogen (secondary N) is 1. The molecule has 1 atom stereocenters. The third-order valence-electron chi connectivity index (χ3n) is 5.06. The van der Waals surface area contributed by atoms with Gasteiger partial charge in [0.2, 0.25) is 0 Å². The first kappa shape index (κ1) is 25.5. The Balaban J connectivity index is 0.00000341. The number of rotatable bonds is 5. The number of alkyl halides is 3. The number of benzene rings is 1. The fraction of sp³-hybridized carbons (Fsp3) is 0.600. The zero-order chi connectivity index (χ0) is 21.6. The lowest BCUT2D eigenvalue weighted by atomic mass is 10.2. The second kappa shape index (κ2) is 11.7. The fourth-order valence-electron chi connectivity index (χ4n) is 3.54. The number of nitrogens with zero attached hydrogens (tertiary/aromatic N) is 3. The number of guanidine groups is 1. The molecule has 11 heteroatoms. The molecule has 2 fully saturated rings. The number of amides is 1. The van der Waals surface area contributed by atoms with Crippen LogP contribution in [-0.2, 0) is 16.1 Å². The van der Waals surface area contributed by atoms with Gasteiger partial charge in [-0.1, -0.05) is 12.1 Å². The summed E-state index contributed by atoms with van der Waals surface area (Å²) in [5, 5.41) is 3.22. The van der Waals surface area contributed by atoms with E-state index in [1.54, 1.807) is 25.2 Å². The minimum absolute atomic E-state index is 0. The number of piperazine rings is 1. The summed E-state index contributed by atoms with van der Waals surface area (Å²) in [5.74, 6) is 0.912. The molecule has 0 spiro atoms. The molecular weight excluding hydrogens is 528 g/mol. The summed E-state index contributed by atoms with van der Waals surface area (Å²) in [6.45, 7) is 2.21. The first-order valence-corrected chi connectivity index (χ1v) is 10.0. The Morgan fingerprint density at radius 2 is 1.97 bits per heavy atom. The molecule has 0 bridgehead atoms. The van der Waals surface area contributed by atoms with Crippen molar-refractivity contribution < 1.29 is 27.4 Å². The quantitative estimate of drug-likeness (QED) is 0.344. The van der Waals surface area contributed by atoms with Crippen molar-refractivity contribution in [3.05, 3.63) is 29.8 Å². The minimum atomic E-state index is -4.37. The van der Waals surface area contributed by atoms with Crippen LogP contribution in [0.1, 0.15) is 18.4 Å². The first-order valence-electron chi connectivity index (χ1n) is 10.0. The van der Waals surface area contributed by atoms with E-state index in [0.29, 0.717) is 45.3 Å². The van der Waals surface area contributed by atoms with Crippen LogP contribution >= 0.6 is 24.0 Å². The molecule has 0 saturated carbocycles. The Labute approximate surface area is 197 Å². The van der Waals surface area contributed by atoms with E-state index >= 15 is 0 Å². The van der Waals surface area contributed by atoms with Gasteiger partial charge in [-0.2, -0.15) is 13.2 Å². The predicted molar refractivity (Wildman–Crippen MR) is 121 cm³/mol. The number of carbonyl (C=O) groups excluding carboxylic acids is 1. The molecule has 1 unspecified atom stereocenters. The molecule has 2 heterocycles. The Kier molecular flexibility index (Phi) is 9.66. The molecule has 3 rings (SSSR count). The Morgan fingerprint density at radius 1 is 1.26 bits per heavy atom. The lowest BCUT2D eigenvalue weighted by Gasteiger charge is -2.37. The smallest absolute Gasteiger partial charge is 0.422 e. The van der Waals surface area contributed by atoms with Gasteiger partial charge in [0.1, 0.15) is 11.9 Å². The van der Waals surface area contributed by atoms with Crippen LogP contribution in [0.5, 0.6) is 5.75 Å². The third-order valence-corrected chi connectivity index (χ3v) is 5.06. The van der Waals surface area contributed by atoms with Crippen molar-refractivity contribution in [1.29, 1.82) is 0 Å². The summed E-state index contributed by atoms with van der Waals surface area (Å²) in [5.41, 5.74) is 0.781. The number of aliphatic imine (C=N–C) groups is 1. The van der Waals surface area contributed by atoms with Crippen LogP contribution in [0.2, 0.25) is 0 Å². The van der Waals surface area contributed by atoms with Crippen LogP contribution in [0.15, 0.2) is 29.3 Å². The SMILES string of the molecule is CN=C(NCc1cccc(OCC(F)(F)F)c1)N1CCN(C(=O)C2CCCO2)CC1.I.